The van der Waals surface area contributed by atoms with E-state index in [0.717, 1.165) is 11.8 Å². The average molecular weight is 345 g/mol. The third-order valence-corrected chi connectivity index (χ3v) is 4.59. The maximum absolute atomic E-state index is 13.8. The van der Waals surface area contributed by atoms with Crippen LogP contribution in [0.3, 0.4) is 0 Å². The molecule has 9 heteroatoms. The second-order valence-electron chi connectivity index (χ2n) is 6.09. The largest absolute Gasteiger partial charge is 0.304 e. The molecule has 1 fully saturated rings. The van der Waals surface area contributed by atoms with Crippen LogP contribution in [0.5, 0.6) is 0 Å². The van der Waals surface area contributed by atoms with Gasteiger partial charge in [-0.25, -0.2) is 27.5 Å². The lowest BCUT2D eigenvalue weighted by Gasteiger charge is -2.28. The van der Waals surface area contributed by atoms with Crippen molar-refractivity contribution in [3.05, 3.63) is 24.3 Å². The van der Waals surface area contributed by atoms with Crippen molar-refractivity contribution in [2.24, 2.45) is 0 Å². The van der Waals surface area contributed by atoms with Gasteiger partial charge in [0.1, 0.15) is 12.5 Å². The van der Waals surface area contributed by atoms with Crippen molar-refractivity contribution in [1.82, 2.24) is 24.5 Å². The number of hydrogen-bond donors (Lipinski definition) is 1. The summed E-state index contributed by atoms with van der Waals surface area (Å²) in [6.45, 7) is 2.67. The molecule has 7 nitrogen and oxygen atoms in total. The number of halogens is 1. The van der Waals surface area contributed by atoms with Crippen LogP contribution in [0.4, 0.5) is 4.39 Å². The third kappa shape index (κ3) is 6.46. The van der Waals surface area contributed by atoms with Gasteiger partial charge >= 0.3 is 0 Å². The fraction of sp³-hybridized carbons (Fsp3) is 0.714. The zero-order valence-electron chi connectivity index (χ0n) is 13.5. The zero-order chi connectivity index (χ0) is 16.9. The van der Waals surface area contributed by atoms with Crippen LogP contribution >= 0.6 is 0 Å². The van der Waals surface area contributed by atoms with Gasteiger partial charge < -0.3 is 4.90 Å². The number of likely N-dealkylation sites (tertiary alicyclic amines) is 1. The molecule has 0 aromatic carbocycles. The van der Waals surface area contributed by atoms with Crippen LogP contribution in [0.1, 0.15) is 12.0 Å². The summed E-state index contributed by atoms with van der Waals surface area (Å²) in [5, 5.41) is 0. The number of nitrogens with one attached hydrogen (secondary N) is 1. The summed E-state index contributed by atoms with van der Waals surface area (Å²) in [6, 6.07) is 0.105. The molecule has 0 unspecified atom stereocenters. The van der Waals surface area contributed by atoms with Gasteiger partial charge in [-0.15, -0.1) is 0 Å². The normalized spacial score (nSPS) is 22.8. The van der Waals surface area contributed by atoms with Crippen molar-refractivity contribution >= 4 is 10.0 Å². The molecule has 1 aromatic heterocycles. The van der Waals surface area contributed by atoms with Crippen molar-refractivity contribution in [2.45, 2.75) is 25.2 Å². The van der Waals surface area contributed by atoms with E-state index in [-0.39, 0.29) is 6.04 Å². The maximum atomic E-state index is 13.8. The fourth-order valence-corrected chi connectivity index (χ4v) is 3.29. The molecule has 0 spiro atoms. The Labute approximate surface area is 137 Å². The summed E-state index contributed by atoms with van der Waals surface area (Å²) in [5.74, 6) is 0. The molecule has 2 heterocycles. The van der Waals surface area contributed by atoms with E-state index in [0.29, 0.717) is 39.1 Å². The predicted molar refractivity (Wildman–Crippen MR) is 86.1 cm³/mol. The summed E-state index contributed by atoms with van der Waals surface area (Å²) in [4.78, 5) is 12.1. The molecule has 0 radical (unpaired) electrons. The number of hydrogen-bond acceptors (Lipinski definition) is 6. The molecule has 23 heavy (non-hydrogen) atoms. The van der Waals surface area contributed by atoms with E-state index in [1.54, 1.807) is 12.4 Å². The predicted octanol–water partition coefficient (Wildman–Crippen LogP) is -0.130. The molecule has 1 aliphatic heterocycles. The van der Waals surface area contributed by atoms with E-state index in [1.807, 2.05) is 11.9 Å². The lowest BCUT2D eigenvalue weighted by atomic mass is 10.2. The minimum absolute atomic E-state index is 0.105. The van der Waals surface area contributed by atoms with E-state index >= 15 is 0 Å². The van der Waals surface area contributed by atoms with Crippen LogP contribution in [-0.4, -0.2) is 79.9 Å². The van der Waals surface area contributed by atoms with Crippen LogP contribution in [0, 0.1) is 0 Å². The lowest BCUT2D eigenvalue weighted by Crippen LogP contribution is -2.41. The molecule has 0 saturated carbocycles. The van der Waals surface area contributed by atoms with Gasteiger partial charge in [-0.1, -0.05) is 0 Å². The minimum atomic E-state index is -3.17. The minimum Gasteiger partial charge on any atom is -0.304 e. The Morgan fingerprint density at radius 3 is 2.78 bits per heavy atom. The summed E-state index contributed by atoms with van der Waals surface area (Å²) < 4.78 is 38.4. The van der Waals surface area contributed by atoms with Gasteiger partial charge in [0, 0.05) is 56.7 Å². The Balaban J connectivity index is 1.84. The second kappa shape index (κ2) is 8.09. The molecular formula is C14H24FN5O2S. The molecule has 2 atom stereocenters. The number of aromatic nitrogens is 2. The lowest BCUT2D eigenvalue weighted by molar-refractivity contribution is 0.185. The van der Waals surface area contributed by atoms with E-state index in [9.17, 15) is 12.8 Å². The van der Waals surface area contributed by atoms with Gasteiger partial charge in [-0.05, 0) is 13.5 Å². The number of rotatable bonds is 8. The van der Waals surface area contributed by atoms with E-state index in [4.69, 9.17) is 0 Å². The quantitative estimate of drug-likeness (QED) is 0.707. The Morgan fingerprint density at radius 2 is 2.13 bits per heavy atom. The summed E-state index contributed by atoms with van der Waals surface area (Å²) in [5.41, 5.74) is 0.966. The number of nitrogens with zero attached hydrogens (tertiary/aromatic N) is 4. The zero-order valence-corrected chi connectivity index (χ0v) is 14.3. The van der Waals surface area contributed by atoms with E-state index in [2.05, 4.69) is 19.6 Å². The van der Waals surface area contributed by atoms with Gasteiger partial charge in [0.05, 0.1) is 6.26 Å². The Kier molecular flexibility index (Phi) is 6.40. The smallest absolute Gasteiger partial charge is 0.208 e. The Bertz CT molecular complexity index is 586. The van der Waals surface area contributed by atoms with Gasteiger partial charge in [0.15, 0.2) is 0 Å². The summed E-state index contributed by atoms with van der Waals surface area (Å²) in [7, 11) is -1.25. The standard InChI is InChI=1S/C14H24FN5O2S/c1-19(4-3-18-23(2,21)22)10-14-5-13(15)9-20(14)8-12-6-16-11-17-7-12/h6-7,11,13-14,18H,3-5,8-10H2,1-2H3/t13-,14-/m0/s1. The summed E-state index contributed by atoms with van der Waals surface area (Å²) in [6.07, 6.45) is 5.78. The number of likely N-dealkylation sites (N-methyl/N-ethyl adjacent to an activating group) is 1. The van der Waals surface area contributed by atoms with Crippen molar-refractivity contribution in [3.63, 3.8) is 0 Å². The highest BCUT2D eigenvalue weighted by molar-refractivity contribution is 7.88. The van der Waals surface area contributed by atoms with E-state index < -0.39 is 16.2 Å². The first-order chi connectivity index (χ1) is 10.8. The molecule has 130 valence electrons. The Hall–Kier alpha value is -1.16. The molecule has 1 saturated heterocycles. The molecule has 0 bridgehead atoms. The molecule has 1 aromatic rings. The molecular weight excluding hydrogens is 321 g/mol. The van der Waals surface area contributed by atoms with Crippen LogP contribution < -0.4 is 4.72 Å². The first-order valence-corrected chi connectivity index (χ1v) is 9.48. The SMILES string of the molecule is CN(CCNS(C)(=O)=O)C[C@@H]1C[C@H](F)CN1Cc1cncnc1. The van der Waals surface area contributed by atoms with Crippen LogP contribution in [0.25, 0.3) is 0 Å². The molecule has 0 aliphatic carbocycles. The van der Waals surface area contributed by atoms with Gasteiger partial charge in [0.2, 0.25) is 10.0 Å². The Morgan fingerprint density at radius 1 is 1.43 bits per heavy atom. The van der Waals surface area contributed by atoms with Crippen LogP contribution in [-0.2, 0) is 16.6 Å². The van der Waals surface area contributed by atoms with Gasteiger partial charge in [-0.2, -0.15) is 0 Å². The van der Waals surface area contributed by atoms with Crippen LogP contribution in [0.15, 0.2) is 18.7 Å². The molecule has 0 amide bonds. The third-order valence-electron chi connectivity index (χ3n) is 3.86. The highest BCUT2D eigenvalue weighted by atomic mass is 32.2. The highest BCUT2D eigenvalue weighted by Gasteiger charge is 2.32. The monoisotopic (exact) mass is 345 g/mol. The molecule has 1 N–H and O–H groups in total. The highest BCUT2D eigenvalue weighted by Crippen LogP contribution is 2.22. The first-order valence-electron chi connectivity index (χ1n) is 7.58. The van der Waals surface area contributed by atoms with Crippen molar-refractivity contribution in [3.8, 4) is 0 Å². The maximum Gasteiger partial charge on any atom is 0.208 e. The fourth-order valence-electron chi connectivity index (χ4n) is 2.83. The van der Waals surface area contributed by atoms with Gasteiger partial charge in [-0.3, -0.25) is 4.90 Å². The van der Waals surface area contributed by atoms with Crippen molar-refractivity contribution in [1.29, 1.82) is 0 Å². The number of alkyl halides is 1. The van der Waals surface area contributed by atoms with E-state index in [1.165, 1.54) is 6.33 Å². The summed E-state index contributed by atoms with van der Waals surface area (Å²) >= 11 is 0. The van der Waals surface area contributed by atoms with Gasteiger partial charge in [0.25, 0.3) is 0 Å². The van der Waals surface area contributed by atoms with Crippen molar-refractivity contribution in [2.75, 3.05) is 39.5 Å². The van der Waals surface area contributed by atoms with Crippen LogP contribution in [0.2, 0.25) is 0 Å². The number of sulfonamides is 1. The van der Waals surface area contributed by atoms with Crippen molar-refractivity contribution < 1.29 is 12.8 Å². The first kappa shape index (κ1) is 18.2. The molecule has 1 aliphatic rings. The topological polar surface area (TPSA) is 78.4 Å². The average Bonchev–Trinajstić information content (AvgIpc) is 2.78. The molecule has 2 rings (SSSR count). The second-order valence-corrected chi connectivity index (χ2v) is 7.92.